The fourth-order valence-electron chi connectivity index (χ4n) is 3.23. The SMILES string of the molecule is Cc1ccccc1N1C[C@@H](c2nnc(NC(=O)c3ccccc3Cl)s2)CC1=O. The standard InChI is InChI=1S/C20H17ClN4O2S/c1-12-6-2-5-9-16(12)25-11-13(10-17(25)26)19-23-24-20(28-19)22-18(27)14-7-3-4-8-15(14)21/h2-9,13H,10-11H2,1H3,(H,22,24,27)/t13-/m0/s1. The molecule has 0 unspecified atom stereocenters. The van der Waals surface area contributed by atoms with Crippen molar-refractivity contribution in [1.29, 1.82) is 0 Å². The minimum absolute atomic E-state index is 0.0458. The minimum atomic E-state index is -0.336. The second kappa shape index (κ2) is 7.69. The number of halogens is 1. The smallest absolute Gasteiger partial charge is 0.259 e. The van der Waals surface area contributed by atoms with Gasteiger partial charge in [-0.05, 0) is 30.7 Å². The van der Waals surface area contributed by atoms with Crippen LogP contribution in [-0.4, -0.2) is 28.6 Å². The van der Waals surface area contributed by atoms with Crippen LogP contribution in [0.2, 0.25) is 5.02 Å². The van der Waals surface area contributed by atoms with Gasteiger partial charge in [0, 0.05) is 24.6 Å². The number of aromatic nitrogens is 2. The van der Waals surface area contributed by atoms with E-state index in [-0.39, 0.29) is 17.7 Å². The predicted octanol–water partition coefficient (Wildman–Crippen LogP) is 4.27. The first-order chi connectivity index (χ1) is 13.5. The Labute approximate surface area is 171 Å². The molecule has 1 atom stereocenters. The molecular weight excluding hydrogens is 396 g/mol. The van der Waals surface area contributed by atoms with E-state index in [1.165, 1.54) is 11.3 Å². The molecule has 0 saturated carbocycles. The Kier molecular flexibility index (Phi) is 5.11. The van der Waals surface area contributed by atoms with Gasteiger partial charge in [-0.2, -0.15) is 0 Å². The number of aryl methyl sites for hydroxylation is 1. The number of anilines is 2. The van der Waals surface area contributed by atoms with E-state index < -0.39 is 0 Å². The summed E-state index contributed by atoms with van der Waals surface area (Å²) in [6, 6.07) is 14.6. The maximum Gasteiger partial charge on any atom is 0.259 e. The average Bonchev–Trinajstić information content (AvgIpc) is 3.29. The zero-order valence-corrected chi connectivity index (χ0v) is 16.6. The molecule has 3 aromatic rings. The lowest BCUT2D eigenvalue weighted by atomic mass is 10.1. The summed E-state index contributed by atoms with van der Waals surface area (Å²) in [5, 5.41) is 12.5. The molecule has 0 radical (unpaired) electrons. The molecule has 1 aliphatic heterocycles. The summed E-state index contributed by atoms with van der Waals surface area (Å²) in [7, 11) is 0. The van der Waals surface area contributed by atoms with Gasteiger partial charge in [0.2, 0.25) is 11.0 Å². The van der Waals surface area contributed by atoms with E-state index in [4.69, 9.17) is 11.6 Å². The molecule has 2 aromatic carbocycles. The minimum Gasteiger partial charge on any atom is -0.311 e. The lowest BCUT2D eigenvalue weighted by molar-refractivity contribution is -0.117. The van der Waals surface area contributed by atoms with Crippen LogP contribution in [-0.2, 0) is 4.79 Å². The second-order valence-corrected chi connectivity index (χ2v) is 7.99. The number of nitrogens with one attached hydrogen (secondary N) is 1. The van der Waals surface area contributed by atoms with Crippen LogP contribution >= 0.6 is 22.9 Å². The molecule has 1 N–H and O–H groups in total. The van der Waals surface area contributed by atoms with Crippen molar-refractivity contribution in [3.05, 3.63) is 69.7 Å². The van der Waals surface area contributed by atoms with Crippen molar-refractivity contribution in [3.63, 3.8) is 0 Å². The molecule has 4 rings (SSSR count). The molecule has 0 spiro atoms. The molecule has 0 bridgehead atoms. The van der Waals surface area contributed by atoms with Crippen LogP contribution in [0.4, 0.5) is 10.8 Å². The average molecular weight is 413 g/mol. The number of rotatable bonds is 4. The fraction of sp³-hybridized carbons (Fsp3) is 0.200. The molecule has 1 aromatic heterocycles. The predicted molar refractivity (Wildman–Crippen MR) is 110 cm³/mol. The van der Waals surface area contributed by atoms with Crippen LogP contribution in [0.15, 0.2) is 48.5 Å². The summed E-state index contributed by atoms with van der Waals surface area (Å²) in [5.74, 6) is -0.316. The summed E-state index contributed by atoms with van der Waals surface area (Å²) in [5.41, 5.74) is 2.36. The first-order valence-corrected chi connectivity index (χ1v) is 9.97. The largest absolute Gasteiger partial charge is 0.311 e. The molecule has 142 valence electrons. The van der Waals surface area contributed by atoms with Crippen LogP contribution in [0.25, 0.3) is 0 Å². The second-order valence-electron chi connectivity index (χ2n) is 6.57. The molecule has 1 fully saturated rings. The van der Waals surface area contributed by atoms with Gasteiger partial charge in [0.25, 0.3) is 5.91 Å². The number of para-hydroxylation sites is 1. The maximum absolute atomic E-state index is 12.5. The van der Waals surface area contributed by atoms with E-state index in [9.17, 15) is 9.59 Å². The number of hydrogen-bond donors (Lipinski definition) is 1. The number of hydrogen-bond acceptors (Lipinski definition) is 5. The van der Waals surface area contributed by atoms with Crippen molar-refractivity contribution in [3.8, 4) is 0 Å². The summed E-state index contributed by atoms with van der Waals surface area (Å²) < 4.78 is 0. The van der Waals surface area contributed by atoms with Gasteiger partial charge in [-0.1, -0.05) is 53.3 Å². The Balaban J connectivity index is 1.48. The summed E-state index contributed by atoms with van der Waals surface area (Å²) in [6.07, 6.45) is 0.376. The molecular formula is C20H17ClN4O2S. The fourth-order valence-corrected chi connectivity index (χ4v) is 4.28. The lowest BCUT2D eigenvalue weighted by Gasteiger charge is -2.18. The summed E-state index contributed by atoms with van der Waals surface area (Å²) in [6.45, 7) is 2.54. The summed E-state index contributed by atoms with van der Waals surface area (Å²) >= 11 is 7.35. The van der Waals surface area contributed by atoms with Crippen molar-refractivity contribution in [2.75, 3.05) is 16.8 Å². The van der Waals surface area contributed by atoms with Crippen LogP contribution in [0.1, 0.15) is 33.3 Å². The number of nitrogens with zero attached hydrogens (tertiary/aromatic N) is 3. The lowest BCUT2D eigenvalue weighted by Crippen LogP contribution is -2.25. The van der Waals surface area contributed by atoms with Crippen LogP contribution < -0.4 is 10.2 Å². The number of benzene rings is 2. The van der Waals surface area contributed by atoms with Gasteiger partial charge in [-0.15, -0.1) is 10.2 Å². The van der Waals surface area contributed by atoms with Gasteiger partial charge < -0.3 is 4.90 Å². The number of amides is 2. The highest BCUT2D eigenvalue weighted by Gasteiger charge is 2.34. The summed E-state index contributed by atoms with van der Waals surface area (Å²) in [4.78, 5) is 26.7. The van der Waals surface area contributed by atoms with E-state index in [0.29, 0.717) is 28.7 Å². The van der Waals surface area contributed by atoms with Crippen molar-refractivity contribution in [2.24, 2.45) is 0 Å². The highest BCUT2D eigenvalue weighted by Crippen LogP contribution is 2.35. The van der Waals surface area contributed by atoms with Crippen molar-refractivity contribution in [2.45, 2.75) is 19.3 Å². The van der Waals surface area contributed by atoms with E-state index in [1.54, 1.807) is 29.2 Å². The molecule has 1 saturated heterocycles. The Morgan fingerprint density at radius 3 is 2.71 bits per heavy atom. The monoisotopic (exact) mass is 412 g/mol. The third-order valence-corrected chi connectivity index (χ3v) is 5.99. The van der Waals surface area contributed by atoms with Crippen LogP contribution in [0.5, 0.6) is 0 Å². The molecule has 1 aliphatic rings. The normalized spacial score (nSPS) is 16.4. The number of carbonyl (C=O) groups is 2. The topological polar surface area (TPSA) is 75.2 Å². The van der Waals surface area contributed by atoms with Crippen LogP contribution in [0.3, 0.4) is 0 Å². The highest BCUT2D eigenvalue weighted by atomic mass is 35.5. The quantitative estimate of drug-likeness (QED) is 0.694. The van der Waals surface area contributed by atoms with Crippen molar-refractivity contribution < 1.29 is 9.59 Å². The van der Waals surface area contributed by atoms with Crippen molar-refractivity contribution in [1.82, 2.24) is 10.2 Å². The Morgan fingerprint density at radius 2 is 1.93 bits per heavy atom. The first-order valence-electron chi connectivity index (χ1n) is 8.78. The Bertz CT molecular complexity index is 1050. The van der Waals surface area contributed by atoms with Gasteiger partial charge >= 0.3 is 0 Å². The van der Waals surface area contributed by atoms with Gasteiger partial charge in [-0.25, -0.2) is 0 Å². The zero-order chi connectivity index (χ0) is 19.7. The Morgan fingerprint density at radius 1 is 1.18 bits per heavy atom. The van der Waals surface area contributed by atoms with E-state index >= 15 is 0 Å². The molecule has 8 heteroatoms. The van der Waals surface area contributed by atoms with E-state index in [2.05, 4.69) is 15.5 Å². The molecule has 28 heavy (non-hydrogen) atoms. The molecule has 2 amide bonds. The first kappa shape index (κ1) is 18.6. The van der Waals surface area contributed by atoms with Gasteiger partial charge in [0.05, 0.1) is 10.6 Å². The van der Waals surface area contributed by atoms with Gasteiger partial charge in [0.1, 0.15) is 5.01 Å². The van der Waals surface area contributed by atoms with E-state index in [0.717, 1.165) is 16.3 Å². The zero-order valence-electron chi connectivity index (χ0n) is 15.1. The van der Waals surface area contributed by atoms with Gasteiger partial charge in [-0.3, -0.25) is 14.9 Å². The molecule has 6 nitrogen and oxygen atoms in total. The third-order valence-electron chi connectivity index (χ3n) is 4.66. The van der Waals surface area contributed by atoms with Crippen LogP contribution in [0, 0.1) is 6.92 Å². The van der Waals surface area contributed by atoms with E-state index in [1.807, 2.05) is 31.2 Å². The molecule has 0 aliphatic carbocycles. The molecule has 2 heterocycles. The number of carbonyl (C=O) groups excluding carboxylic acids is 2. The van der Waals surface area contributed by atoms with Crippen molar-refractivity contribution >= 4 is 45.6 Å². The highest BCUT2D eigenvalue weighted by molar-refractivity contribution is 7.15. The third kappa shape index (κ3) is 3.63. The Hall–Kier alpha value is -2.77. The maximum atomic E-state index is 12.5. The van der Waals surface area contributed by atoms with Gasteiger partial charge in [0.15, 0.2) is 0 Å².